The van der Waals surface area contributed by atoms with Gasteiger partial charge in [-0.1, -0.05) is 13.0 Å². The SMILES string of the molecule is CC12CC(O)[C@@]3(F)C(C[C@H](F)C4=CC(=O)C=CC43C)C1CO[C@@H]2C(=O)COP(=O)(O)O. The zero-order valence-corrected chi connectivity index (χ0v) is 17.9. The lowest BCUT2D eigenvalue weighted by Crippen LogP contribution is -2.69. The molecule has 3 N–H and O–H groups in total. The largest absolute Gasteiger partial charge is 0.470 e. The second-order valence-corrected chi connectivity index (χ2v) is 10.6. The summed E-state index contributed by atoms with van der Waals surface area (Å²) in [6.07, 6.45) is -1.24. The molecule has 0 amide bonds. The summed E-state index contributed by atoms with van der Waals surface area (Å²) in [7, 11) is -4.88. The first-order valence-electron chi connectivity index (χ1n) is 10.0. The number of ether oxygens (including phenoxy) is 1. The number of halogens is 2. The van der Waals surface area contributed by atoms with E-state index in [1.54, 1.807) is 6.92 Å². The van der Waals surface area contributed by atoms with Crippen LogP contribution in [-0.2, 0) is 23.4 Å². The lowest BCUT2D eigenvalue weighted by atomic mass is 9.45. The zero-order valence-electron chi connectivity index (χ0n) is 17.0. The Balaban J connectivity index is 1.69. The molecule has 1 saturated heterocycles. The van der Waals surface area contributed by atoms with Gasteiger partial charge in [0.15, 0.2) is 17.2 Å². The fourth-order valence-corrected chi connectivity index (χ4v) is 6.57. The second-order valence-electron chi connectivity index (χ2n) is 9.39. The number of allylic oxidation sites excluding steroid dienone is 4. The predicted octanol–water partition coefficient (Wildman–Crippen LogP) is 1.59. The van der Waals surface area contributed by atoms with Crippen molar-refractivity contribution in [3.05, 3.63) is 23.8 Å². The quantitative estimate of drug-likeness (QED) is 0.537. The molecule has 2 saturated carbocycles. The number of ketones is 2. The Morgan fingerprint density at radius 1 is 1.35 bits per heavy atom. The van der Waals surface area contributed by atoms with Crippen molar-refractivity contribution in [3.63, 3.8) is 0 Å². The molecule has 0 radical (unpaired) electrons. The fourth-order valence-electron chi connectivity index (χ4n) is 6.28. The molecule has 0 bridgehead atoms. The Labute approximate surface area is 177 Å². The molecule has 172 valence electrons. The van der Waals surface area contributed by atoms with Crippen molar-refractivity contribution in [2.75, 3.05) is 13.2 Å². The zero-order chi connectivity index (χ0) is 23.0. The van der Waals surface area contributed by atoms with Crippen LogP contribution in [0.4, 0.5) is 8.78 Å². The summed E-state index contributed by atoms with van der Waals surface area (Å²) in [6.45, 7) is 2.13. The number of carbonyl (C=O) groups is 2. The first kappa shape index (κ1) is 22.9. The Kier molecular flexibility index (Phi) is 5.24. The van der Waals surface area contributed by atoms with Gasteiger partial charge in [0.05, 0.1) is 12.7 Å². The number of alkyl halides is 2. The minimum atomic E-state index is -4.88. The molecule has 31 heavy (non-hydrogen) atoms. The average molecular weight is 462 g/mol. The number of carbonyl (C=O) groups excluding carboxylic acids is 2. The van der Waals surface area contributed by atoms with Crippen molar-refractivity contribution in [2.24, 2.45) is 22.7 Å². The molecule has 0 aromatic heterocycles. The molecule has 4 aliphatic rings. The van der Waals surface area contributed by atoms with Gasteiger partial charge in [0.25, 0.3) is 0 Å². The lowest BCUT2D eigenvalue weighted by molar-refractivity contribution is -0.196. The molecule has 11 heteroatoms. The number of hydrogen-bond donors (Lipinski definition) is 3. The Hall–Kier alpha value is -1.29. The Morgan fingerprint density at radius 3 is 2.68 bits per heavy atom. The van der Waals surface area contributed by atoms with Crippen LogP contribution in [0, 0.1) is 22.7 Å². The van der Waals surface area contributed by atoms with E-state index in [1.807, 2.05) is 0 Å². The van der Waals surface area contributed by atoms with E-state index in [2.05, 4.69) is 4.52 Å². The van der Waals surface area contributed by atoms with Crippen LogP contribution in [0.5, 0.6) is 0 Å². The van der Waals surface area contributed by atoms with E-state index < -0.39 is 72.7 Å². The van der Waals surface area contributed by atoms with Crippen LogP contribution in [0.15, 0.2) is 23.8 Å². The number of aliphatic hydroxyl groups excluding tert-OH is 1. The molecule has 5 unspecified atom stereocenters. The number of Topliss-reactive ketones (excluding diaryl/α,β-unsaturated/α-hetero) is 1. The molecule has 0 aromatic rings. The van der Waals surface area contributed by atoms with Gasteiger partial charge < -0.3 is 19.6 Å². The van der Waals surface area contributed by atoms with Crippen LogP contribution >= 0.6 is 7.82 Å². The highest BCUT2D eigenvalue weighted by molar-refractivity contribution is 7.46. The van der Waals surface area contributed by atoms with Crippen molar-refractivity contribution in [2.45, 2.75) is 50.7 Å². The summed E-state index contributed by atoms with van der Waals surface area (Å²) < 4.78 is 52.8. The molecular formula is C20H25F2O8P. The first-order valence-corrected chi connectivity index (χ1v) is 11.6. The highest BCUT2D eigenvalue weighted by Crippen LogP contribution is 2.67. The smallest absolute Gasteiger partial charge is 0.390 e. The van der Waals surface area contributed by atoms with Crippen molar-refractivity contribution in [1.82, 2.24) is 0 Å². The van der Waals surface area contributed by atoms with Crippen LogP contribution in [-0.4, -0.2) is 63.7 Å². The van der Waals surface area contributed by atoms with Gasteiger partial charge in [-0.15, -0.1) is 0 Å². The molecule has 1 heterocycles. The summed E-state index contributed by atoms with van der Waals surface area (Å²) >= 11 is 0. The molecule has 8 atom stereocenters. The maximum atomic E-state index is 16.8. The van der Waals surface area contributed by atoms with Crippen molar-refractivity contribution in [1.29, 1.82) is 0 Å². The van der Waals surface area contributed by atoms with E-state index in [0.29, 0.717) is 0 Å². The summed E-state index contributed by atoms with van der Waals surface area (Å²) in [6, 6.07) is 0. The lowest BCUT2D eigenvalue weighted by Gasteiger charge is -2.61. The van der Waals surface area contributed by atoms with Gasteiger partial charge in [-0.3, -0.25) is 14.1 Å². The van der Waals surface area contributed by atoms with Gasteiger partial charge >= 0.3 is 7.82 Å². The summed E-state index contributed by atoms with van der Waals surface area (Å²) in [5.74, 6) is -2.81. The topological polar surface area (TPSA) is 130 Å². The van der Waals surface area contributed by atoms with E-state index in [-0.39, 0.29) is 25.0 Å². The number of fused-ring (bicyclic) bond motifs is 5. The number of rotatable bonds is 4. The van der Waals surface area contributed by atoms with Gasteiger partial charge in [0, 0.05) is 16.7 Å². The fraction of sp³-hybridized carbons (Fsp3) is 0.700. The monoisotopic (exact) mass is 462 g/mol. The summed E-state index contributed by atoms with van der Waals surface area (Å²) in [4.78, 5) is 42.1. The third-order valence-corrected chi connectivity index (χ3v) is 8.24. The normalized spacial score (nSPS) is 46.7. The maximum absolute atomic E-state index is 16.8. The molecule has 1 aliphatic heterocycles. The number of phosphoric acid groups is 1. The highest BCUT2D eigenvalue weighted by atomic mass is 31.2. The summed E-state index contributed by atoms with van der Waals surface area (Å²) in [5.41, 5.74) is -4.90. The molecular weight excluding hydrogens is 437 g/mol. The number of hydrogen-bond acceptors (Lipinski definition) is 6. The van der Waals surface area contributed by atoms with E-state index in [1.165, 1.54) is 19.1 Å². The van der Waals surface area contributed by atoms with E-state index in [4.69, 9.17) is 14.5 Å². The molecule has 8 nitrogen and oxygen atoms in total. The molecule has 0 aromatic carbocycles. The van der Waals surface area contributed by atoms with Crippen molar-refractivity contribution in [3.8, 4) is 0 Å². The van der Waals surface area contributed by atoms with E-state index in [9.17, 15) is 19.3 Å². The third kappa shape index (κ3) is 3.22. The van der Waals surface area contributed by atoms with Crippen LogP contribution in [0.3, 0.4) is 0 Å². The van der Waals surface area contributed by atoms with Crippen LogP contribution in [0.25, 0.3) is 0 Å². The third-order valence-electron chi connectivity index (χ3n) is 7.77. The summed E-state index contributed by atoms with van der Waals surface area (Å²) in [5, 5.41) is 11.0. The van der Waals surface area contributed by atoms with Gasteiger partial charge in [-0.2, -0.15) is 0 Å². The Bertz CT molecular complexity index is 930. The van der Waals surface area contributed by atoms with E-state index >= 15 is 8.78 Å². The van der Waals surface area contributed by atoms with Gasteiger partial charge in [-0.05, 0) is 43.4 Å². The number of aliphatic hydroxyl groups is 1. The molecule has 3 aliphatic carbocycles. The predicted molar refractivity (Wildman–Crippen MR) is 102 cm³/mol. The maximum Gasteiger partial charge on any atom is 0.470 e. The minimum Gasteiger partial charge on any atom is -0.390 e. The Morgan fingerprint density at radius 2 is 2.03 bits per heavy atom. The van der Waals surface area contributed by atoms with Gasteiger partial charge in [-0.25, -0.2) is 13.3 Å². The van der Waals surface area contributed by atoms with Gasteiger partial charge in [0.1, 0.15) is 18.9 Å². The molecule has 0 spiro atoms. The van der Waals surface area contributed by atoms with Crippen molar-refractivity contribution >= 4 is 19.4 Å². The first-order chi connectivity index (χ1) is 14.2. The average Bonchev–Trinajstić information content (AvgIpc) is 3.00. The van der Waals surface area contributed by atoms with E-state index in [0.717, 1.165) is 6.08 Å². The molecule has 4 rings (SSSR count). The van der Waals surface area contributed by atoms with Crippen molar-refractivity contribution < 1.29 is 47.1 Å². The van der Waals surface area contributed by atoms with Crippen LogP contribution < -0.4 is 0 Å². The minimum absolute atomic E-state index is 0.00277. The van der Waals surface area contributed by atoms with Crippen LogP contribution in [0.2, 0.25) is 0 Å². The van der Waals surface area contributed by atoms with Gasteiger partial charge in [0.2, 0.25) is 0 Å². The molecule has 3 fully saturated rings. The highest BCUT2D eigenvalue weighted by Gasteiger charge is 2.72. The standard InChI is InChI=1S/C20H25F2O8P/c1-18-7-16(25)20(22)11(6-14(21)12-5-10(23)3-4-19(12,20)2)13(18)8-29-17(18)15(24)9-30-31(26,27)28/h3-5,11,13-14,16-17,25H,6-9H2,1-2H3,(H2,26,27,28)/t11?,13?,14-,16?,17+,18?,19?,20-/m0/s1. The number of phosphoric ester groups is 1. The van der Waals surface area contributed by atoms with Crippen LogP contribution in [0.1, 0.15) is 26.7 Å². The second kappa shape index (κ2) is 7.10.